The van der Waals surface area contributed by atoms with Crippen LogP contribution in [0.3, 0.4) is 0 Å². The normalized spacial score (nSPS) is 10.4. The van der Waals surface area contributed by atoms with Gasteiger partial charge in [0.2, 0.25) is 0 Å². The second kappa shape index (κ2) is 12.6. The Morgan fingerprint density at radius 2 is 1.69 bits per heavy atom. The average Bonchev–Trinajstić information content (AvgIpc) is 3.35. The number of aromatic nitrogens is 2. The summed E-state index contributed by atoms with van der Waals surface area (Å²) in [6.45, 7) is 3.62. The first kappa shape index (κ1) is 25.0. The van der Waals surface area contributed by atoms with E-state index in [0.29, 0.717) is 5.71 Å². The van der Waals surface area contributed by atoms with Gasteiger partial charge in [0.15, 0.2) is 0 Å². The number of hydrogen-bond donors (Lipinski definition) is 0. The van der Waals surface area contributed by atoms with E-state index >= 15 is 0 Å². The van der Waals surface area contributed by atoms with Crippen molar-refractivity contribution < 1.29 is 20.1 Å². The third-order valence-electron chi connectivity index (χ3n) is 4.66. The summed E-state index contributed by atoms with van der Waals surface area (Å²) in [7, 11) is 1.96. The maximum atomic E-state index is 9.31. The first-order valence-electron chi connectivity index (χ1n) is 10.0. The molecule has 0 N–H and O–H groups in total. The van der Waals surface area contributed by atoms with Gasteiger partial charge >= 0.3 is 20.1 Å². The van der Waals surface area contributed by atoms with Crippen molar-refractivity contribution in [1.29, 1.82) is 0 Å². The molecule has 0 aliphatic rings. The van der Waals surface area contributed by atoms with Gasteiger partial charge in [-0.05, 0) is 18.7 Å². The fourth-order valence-electron chi connectivity index (χ4n) is 2.96. The molecule has 0 bridgehead atoms. The monoisotopic (exact) mass is 598 g/mol. The Kier molecular flexibility index (Phi) is 9.80. The van der Waals surface area contributed by atoms with E-state index in [4.69, 9.17) is 0 Å². The SMILES string of the molecule is CC(=[N-])/C=C(/C)N(C)c1[c-]cc(-c2ccccc2)cc1.[Ir+3].[c-]1ccccc1-n1cccn1. The summed E-state index contributed by atoms with van der Waals surface area (Å²) in [5.74, 6) is 0. The predicted molar refractivity (Wildman–Crippen MR) is 129 cm³/mol. The van der Waals surface area contributed by atoms with Crippen LogP contribution < -0.4 is 4.90 Å². The van der Waals surface area contributed by atoms with Gasteiger partial charge in [0, 0.05) is 25.1 Å². The summed E-state index contributed by atoms with van der Waals surface area (Å²) in [5, 5.41) is 13.4. The van der Waals surface area contributed by atoms with E-state index in [1.54, 1.807) is 23.9 Å². The van der Waals surface area contributed by atoms with E-state index in [1.807, 2.05) is 85.7 Å². The van der Waals surface area contributed by atoms with Gasteiger partial charge in [0.1, 0.15) is 0 Å². The number of allylic oxidation sites excluding steroid dienone is 2. The maximum Gasteiger partial charge on any atom is 3.00 e. The van der Waals surface area contributed by atoms with Gasteiger partial charge in [-0.15, -0.1) is 17.7 Å². The van der Waals surface area contributed by atoms with Gasteiger partial charge in [-0.25, -0.2) is 0 Å². The Hall–Kier alpha value is -3.27. The minimum Gasteiger partial charge on any atom is -0.808 e. The van der Waals surface area contributed by atoms with Crippen molar-refractivity contribution in [2.45, 2.75) is 13.8 Å². The van der Waals surface area contributed by atoms with Crippen molar-refractivity contribution in [2.75, 3.05) is 11.9 Å². The number of anilines is 1. The number of nitrogens with zero attached hydrogens (tertiary/aromatic N) is 4. The minimum absolute atomic E-state index is 0. The molecule has 4 aromatic rings. The fraction of sp³-hybridized carbons (Fsp3) is 0.111. The van der Waals surface area contributed by atoms with Crippen molar-refractivity contribution in [2.24, 2.45) is 0 Å². The summed E-state index contributed by atoms with van der Waals surface area (Å²) in [6, 6.07) is 32.3. The molecule has 0 unspecified atom stereocenters. The average molecular weight is 598 g/mol. The molecule has 0 fully saturated rings. The van der Waals surface area contributed by atoms with Gasteiger partial charge in [0.05, 0.1) is 0 Å². The van der Waals surface area contributed by atoms with Crippen LogP contribution in [-0.2, 0) is 20.1 Å². The Morgan fingerprint density at radius 3 is 2.25 bits per heavy atom. The molecule has 162 valence electrons. The first-order valence-corrected chi connectivity index (χ1v) is 10.0. The van der Waals surface area contributed by atoms with Crippen molar-refractivity contribution in [3.63, 3.8) is 0 Å². The topological polar surface area (TPSA) is 43.4 Å². The quantitative estimate of drug-likeness (QED) is 0.203. The molecule has 0 amide bonds. The molecule has 5 heteroatoms. The molecule has 0 atom stereocenters. The van der Waals surface area contributed by atoms with Crippen molar-refractivity contribution in [3.8, 4) is 16.8 Å². The Labute approximate surface area is 204 Å². The predicted octanol–water partition coefficient (Wildman–Crippen LogP) is 6.19. The summed E-state index contributed by atoms with van der Waals surface area (Å²) < 4.78 is 1.78. The second-order valence-corrected chi connectivity index (χ2v) is 7.01. The van der Waals surface area contributed by atoms with Crippen LogP contribution in [-0.4, -0.2) is 22.5 Å². The molecule has 0 saturated carbocycles. The molecule has 3 aromatic carbocycles. The van der Waals surface area contributed by atoms with Crippen LogP contribution in [0.1, 0.15) is 13.8 Å². The maximum absolute atomic E-state index is 9.31. The standard InChI is InChI=1S/C18H18N2.C9H7N2.Ir/c1-14(19)13-15(2)20(3)18-11-9-17(10-12-18)16-7-5-4-6-8-16;1-2-5-9(6-3-1)11-8-4-7-10-11;/h4-11,13H,1-3H3;1-5,7-8H;/q-2;-1;+3/b15-13-;;. The molecule has 0 saturated heterocycles. The summed E-state index contributed by atoms with van der Waals surface area (Å²) >= 11 is 0. The van der Waals surface area contributed by atoms with E-state index < -0.39 is 0 Å². The van der Waals surface area contributed by atoms with Gasteiger partial charge in [-0.3, -0.25) is 4.68 Å². The molecule has 0 spiro atoms. The summed E-state index contributed by atoms with van der Waals surface area (Å²) in [5.41, 5.74) is 5.54. The fourth-order valence-corrected chi connectivity index (χ4v) is 2.96. The minimum atomic E-state index is 0. The third-order valence-corrected chi connectivity index (χ3v) is 4.66. The molecule has 4 rings (SSSR count). The van der Waals surface area contributed by atoms with E-state index in [1.165, 1.54) is 5.56 Å². The molecular formula is C27H25IrN4. The molecule has 1 heterocycles. The Bertz CT molecular complexity index is 1100. The zero-order chi connectivity index (χ0) is 22.1. The Balaban J connectivity index is 0.000000255. The van der Waals surface area contributed by atoms with Gasteiger partial charge < -0.3 is 10.3 Å². The molecule has 0 radical (unpaired) electrons. The van der Waals surface area contributed by atoms with Gasteiger partial charge in [0.25, 0.3) is 0 Å². The molecular weight excluding hydrogens is 573 g/mol. The zero-order valence-corrected chi connectivity index (χ0v) is 20.8. The van der Waals surface area contributed by atoms with Crippen molar-refractivity contribution in [1.82, 2.24) is 9.78 Å². The number of para-hydroxylation sites is 1. The zero-order valence-electron chi connectivity index (χ0n) is 18.4. The number of rotatable bonds is 5. The molecule has 0 aliphatic carbocycles. The van der Waals surface area contributed by atoms with Crippen LogP contribution >= 0.6 is 0 Å². The van der Waals surface area contributed by atoms with Crippen LogP contribution in [0.5, 0.6) is 0 Å². The van der Waals surface area contributed by atoms with Crippen LogP contribution in [0.4, 0.5) is 5.69 Å². The van der Waals surface area contributed by atoms with E-state index in [0.717, 1.165) is 22.6 Å². The third kappa shape index (κ3) is 7.16. The van der Waals surface area contributed by atoms with E-state index in [2.05, 4.69) is 35.4 Å². The molecule has 1 aromatic heterocycles. The van der Waals surface area contributed by atoms with Crippen molar-refractivity contribution >= 4 is 11.4 Å². The molecule has 32 heavy (non-hydrogen) atoms. The van der Waals surface area contributed by atoms with Crippen LogP contribution in [0.2, 0.25) is 0 Å². The van der Waals surface area contributed by atoms with Crippen LogP contribution in [0, 0.1) is 12.1 Å². The Morgan fingerprint density at radius 1 is 0.938 bits per heavy atom. The van der Waals surface area contributed by atoms with Gasteiger partial charge in [-0.2, -0.15) is 53.3 Å². The van der Waals surface area contributed by atoms with E-state index in [9.17, 15) is 5.41 Å². The van der Waals surface area contributed by atoms with Crippen molar-refractivity contribution in [3.05, 3.63) is 121 Å². The molecule has 4 nitrogen and oxygen atoms in total. The summed E-state index contributed by atoms with van der Waals surface area (Å²) in [6.07, 6.45) is 5.38. The smallest absolute Gasteiger partial charge is 0.808 e. The summed E-state index contributed by atoms with van der Waals surface area (Å²) in [4.78, 5) is 1.99. The first-order chi connectivity index (χ1) is 15.0. The van der Waals surface area contributed by atoms with Gasteiger partial charge in [-0.1, -0.05) is 54.6 Å². The van der Waals surface area contributed by atoms with E-state index in [-0.39, 0.29) is 20.1 Å². The number of benzene rings is 3. The van der Waals surface area contributed by atoms with Crippen LogP contribution in [0.15, 0.2) is 103 Å². The number of hydrogen-bond acceptors (Lipinski definition) is 2. The van der Waals surface area contributed by atoms with Crippen LogP contribution in [0.25, 0.3) is 22.2 Å². The largest absolute Gasteiger partial charge is 3.00 e. The molecule has 0 aliphatic heterocycles. The second-order valence-electron chi connectivity index (χ2n) is 7.01.